The van der Waals surface area contributed by atoms with Gasteiger partial charge in [-0.3, -0.25) is 0 Å². The van der Waals surface area contributed by atoms with Gasteiger partial charge in [0.1, 0.15) is 0 Å². The summed E-state index contributed by atoms with van der Waals surface area (Å²) >= 11 is 0. The number of fused-ring (bicyclic) bond motifs is 1. The van der Waals surface area contributed by atoms with Crippen LogP contribution in [0.5, 0.6) is 0 Å². The van der Waals surface area contributed by atoms with Crippen molar-refractivity contribution in [2.75, 3.05) is 6.61 Å². The third kappa shape index (κ3) is 3.63. The van der Waals surface area contributed by atoms with E-state index in [1.807, 2.05) is 0 Å². The molecule has 29 heavy (non-hydrogen) atoms. The zero-order valence-electron chi connectivity index (χ0n) is 18.2. The summed E-state index contributed by atoms with van der Waals surface area (Å²) < 4.78 is 10.8. The molecule has 2 aliphatic heterocycles. The first kappa shape index (κ1) is 20.9. The molecular weight excluding hydrogens is 364 g/mol. The molecule has 0 amide bonds. The van der Waals surface area contributed by atoms with E-state index in [0.717, 1.165) is 18.3 Å². The van der Waals surface area contributed by atoms with Crippen molar-refractivity contribution in [3.63, 3.8) is 0 Å². The fourth-order valence-corrected chi connectivity index (χ4v) is 6.50. The van der Waals surface area contributed by atoms with Crippen molar-refractivity contribution < 1.29 is 19.4 Å². The molecule has 0 bridgehead atoms. The third-order valence-corrected chi connectivity index (χ3v) is 8.81. The van der Waals surface area contributed by atoms with Gasteiger partial charge in [0, 0.05) is 11.6 Å². The number of allylic oxidation sites excluding steroid dienone is 1. The molecule has 4 nitrogen and oxygen atoms in total. The average Bonchev–Trinajstić information content (AvgIpc) is 3.04. The van der Waals surface area contributed by atoms with Crippen molar-refractivity contribution in [2.24, 2.45) is 22.7 Å². The van der Waals surface area contributed by atoms with E-state index in [0.29, 0.717) is 29.4 Å². The van der Waals surface area contributed by atoms with Crippen LogP contribution in [0.25, 0.3) is 0 Å². The molecular formula is C25H36O4. The van der Waals surface area contributed by atoms with Gasteiger partial charge in [-0.1, -0.05) is 39.0 Å². The van der Waals surface area contributed by atoms with Gasteiger partial charge in [-0.25, -0.2) is 4.79 Å². The van der Waals surface area contributed by atoms with Crippen molar-refractivity contribution >= 4 is 5.97 Å². The standard InChI is InChI=1S/C25H36O4/c1-16-6-5-7-21-24(16,3)12-10-17(2)25(21,4)13-11-18-8-9-20(28-15-18)19-14-22(26)29-23(19)27/h8,14,17,20-21,23,27H,1,5-7,9-13,15H2,2-4H3/t17?,20-,21+,23?,24+,25+/m1/s1. The topological polar surface area (TPSA) is 55.8 Å². The highest BCUT2D eigenvalue weighted by atomic mass is 16.6. The number of aliphatic hydroxyl groups excluding tert-OH is 1. The SMILES string of the molecule is C=C1CCC[C@H]2[C@@]1(C)CCC(C)[C@]2(C)CCC1=CC[C@H](C2=CC(=O)OC2O)OC1. The van der Waals surface area contributed by atoms with Gasteiger partial charge in [0.05, 0.1) is 12.7 Å². The van der Waals surface area contributed by atoms with Crippen molar-refractivity contribution in [3.8, 4) is 0 Å². The normalized spacial score (nSPS) is 42.8. The first-order valence-corrected chi connectivity index (χ1v) is 11.3. The summed E-state index contributed by atoms with van der Waals surface area (Å²) in [7, 11) is 0. The van der Waals surface area contributed by atoms with Crippen LogP contribution < -0.4 is 0 Å². The third-order valence-electron chi connectivity index (χ3n) is 8.81. The van der Waals surface area contributed by atoms with Gasteiger partial charge in [0.25, 0.3) is 0 Å². The van der Waals surface area contributed by atoms with Gasteiger partial charge < -0.3 is 14.6 Å². The molecule has 0 aromatic heterocycles. The molecule has 4 rings (SSSR count). The predicted molar refractivity (Wildman–Crippen MR) is 113 cm³/mol. The largest absolute Gasteiger partial charge is 0.429 e. The second-order valence-electron chi connectivity index (χ2n) is 10.2. The van der Waals surface area contributed by atoms with Crippen LogP contribution in [0, 0.1) is 22.7 Å². The number of cyclic esters (lactones) is 1. The smallest absolute Gasteiger partial charge is 0.333 e. The van der Waals surface area contributed by atoms with E-state index in [1.54, 1.807) is 0 Å². The van der Waals surface area contributed by atoms with Crippen LogP contribution in [0.1, 0.15) is 72.1 Å². The molecule has 4 aliphatic rings. The minimum absolute atomic E-state index is 0.255. The molecule has 2 unspecified atom stereocenters. The Morgan fingerprint density at radius 1 is 1.31 bits per heavy atom. The van der Waals surface area contributed by atoms with Gasteiger partial charge in [0.2, 0.25) is 6.29 Å². The number of carbonyl (C=O) groups is 1. The number of rotatable bonds is 4. The number of carbonyl (C=O) groups excluding carboxylic acids is 1. The van der Waals surface area contributed by atoms with E-state index in [1.165, 1.54) is 55.7 Å². The molecule has 0 saturated heterocycles. The van der Waals surface area contributed by atoms with Crippen molar-refractivity contribution in [1.82, 2.24) is 0 Å². The highest BCUT2D eigenvalue weighted by molar-refractivity contribution is 5.85. The molecule has 0 aromatic rings. The van der Waals surface area contributed by atoms with Crippen LogP contribution in [0.3, 0.4) is 0 Å². The summed E-state index contributed by atoms with van der Waals surface area (Å²) in [5, 5.41) is 9.85. The van der Waals surface area contributed by atoms with Crippen molar-refractivity contribution in [3.05, 3.63) is 35.5 Å². The molecule has 2 saturated carbocycles. The monoisotopic (exact) mass is 400 g/mol. The van der Waals surface area contributed by atoms with E-state index in [4.69, 9.17) is 9.47 Å². The summed E-state index contributed by atoms with van der Waals surface area (Å²) in [5.41, 5.74) is 4.01. The van der Waals surface area contributed by atoms with E-state index in [-0.39, 0.29) is 6.10 Å². The van der Waals surface area contributed by atoms with Crippen LogP contribution in [0.15, 0.2) is 35.5 Å². The van der Waals surface area contributed by atoms with Crippen molar-refractivity contribution in [2.45, 2.75) is 84.5 Å². The van der Waals surface area contributed by atoms with Crippen LogP contribution >= 0.6 is 0 Å². The number of hydrogen-bond acceptors (Lipinski definition) is 4. The number of esters is 1. The Morgan fingerprint density at radius 3 is 2.76 bits per heavy atom. The van der Waals surface area contributed by atoms with Crippen LogP contribution in [0.2, 0.25) is 0 Å². The maximum Gasteiger partial charge on any atom is 0.333 e. The molecule has 160 valence electrons. The van der Waals surface area contributed by atoms with E-state index < -0.39 is 12.3 Å². The Balaban J connectivity index is 1.42. The van der Waals surface area contributed by atoms with Gasteiger partial charge in [-0.05, 0) is 79.6 Å². The summed E-state index contributed by atoms with van der Waals surface area (Å²) in [5.74, 6) is 0.966. The molecule has 1 N–H and O–H groups in total. The molecule has 4 heteroatoms. The predicted octanol–water partition coefficient (Wildman–Crippen LogP) is 5.08. The lowest BCUT2D eigenvalue weighted by Gasteiger charge is -2.59. The minimum atomic E-state index is -1.15. The van der Waals surface area contributed by atoms with Gasteiger partial charge in [-0.2, -0.15) is 0 Å². The highest BCUT2D eigenvalue weighted by Gasteiger charge is 2.53. The lowest BCUT2D eigenvalue weighted by molar-refractivity contribution is -0.152. The first-order chi connectivity index (χ1) is 13.7. The maximum absolute atomic E-state index is 11.3. The second kappa shape index (κ2) is 7.70. The Bertz CT molecular complexity index is 750. The minimum Gasteiger partial charge on any atom is -0.429 e. The highest BCUT2D eigenvalue weighted by Crippen LogP contribution is 2.62. The molecule has 2 heterocycles. The zero-order valence-corrected chi connectivity index (χ0v) is 18.2. The van der Waals surface area contributed by atoms with Crippen LogP contribution in [-0.2, 0) is 14.3 Å². The molecule has 6 atom stereocenters. The Hall–Kier alpha value is -1.39. The average molecular weight is 401 g/mol. The van der Waals surface area contributed by atoms with E-state index in [2.05, 4.69) is 33.4 Å². The zero-order chi connectivity index (χ0) is 20.8. The number of hydrogen-bond donors (Lipinski definition) is 1. The molecule has 2 fully saturated rings. The first-order valence-electron chi connectivity index (χ1n) is 11.3. The van der Waals surface area contributed by atoms with Gasteiger partial charge in [0.15, 0.2) is 0 Å². The molecule has 0 aromatic carbocycles. The number of ether oxygens (including phenoxy) is 2. The Kier molecular flexibility index (Phi) is 5.54. The second-order valence-corrected chi connectivity index (χ2v) is 10.2. The summed E-state index contributed by atoms with van der Waals surface area (Å²) in [6.45, 7) is 12.5. The van der Waals surface area contributed by atoms with Crippen LogP contribution in [0.4, 0.5) is 0 Å². The van der Waals surface area contributed by atoms with Gasteiger partial charge in [-0.15, -0.1) is 0 Å². The lowest BCUT2D eigenvalue weighted by atomic mass is 9.46. The Labute approximate surface area is 175 Å². The van der Waals surface area contributed by atoms with Gasteiger partial charge >= 0.3 is 5.97 Å². The maximum atomic E-state index is 11.3. The molecule has 0 spiro atoms. The number of aliphatic hydroxyl groups is 1. The lowest BCUT2D eigenvalue weighted by Crippen LogP contribution is -2.50. The molecule has 0 radical (unpaired) electrons. The fourth-order valence-electron chi connectivity index (χ4n) is 6.50. The van der Waals surface area contributed by atoms with Crippen LogP contribution in [-0.4, -0.2) is 30.1 Å². The summed E-state index contributed by atoms with van der Waals surface area (Å²) in [6, 6.07) is 0. The summed E-state index contributed by atoms with van der Waals surface area (Å²) in [4.78, 5) is 11.3. The van der Waals surface area contributed by atoms with E-state index in [9.17, 15) is 9.90 Å². The van der Waals surface area contributed by atoms with E-state index >= 15 is 0 Å². The fraction of sp³-hybridized carbons (Fsp3) is 0.720. The summed E-state index contributed by atoms with van der Waals surface area (Å²) in [6.07, 6.45) is 11.6. The Morgan fingerprint density at radius 2 is 2.10 bits per heavy atom. The van der Waals surface area contributed by atoms with Crippen molar-refractivity contribution in [1.29, 1.82) is 0 Å². The molecule has 2 aliphatic carbocycles. The quantitative estimate of drug-likeness (QED) is 0.528.